The number of cyclic esters (lactones) is 1. The van der Waals surface area contributed by atoms with Crippen LogP contribution in [-0.2, 0) is 33.3 Å². The van der Waals surface area contributed by atoms with E-state index < -0.39 is 58.7 Å². The van der Waals surface area contributed by atoms with Gasteiger partial charge in [-0.1, -0.05) is 43.7 Å². The molecule has 0 aromatic rings. The molecule has 5 rings (SSSR count). The number of carbonyl (C=O) groups excluding carboxylic acids is 2. The molecular formula is C29H40O9. The maximum absolute atomic E-state index is 13.1. The highest BCUT2D eigenvalue weighted by atomic mass is 16.6. The van der Waals surface area contributed by atoms with Gasteiger partial charge in [-0.25, -0.2) is 9.59 Å². The molecule has 3 aliphatic heterocycles. The van der Waals surface area contributed by atoms with Gasteiger partial charge in [-0.2, -0.15) is 0 Å². The fourth-order valence-corrected chi connectivity index (χ4v) is 7.04. The van der Waals surface area contributed by atoms with Crippen molar-refractivity contribution in [2.24, 2.45) is 16.7 Å². The Hall–Kier alpha value is -2.04. The van der Waals surface area contributed by atoms with Gasteiger partial charge in [-0.3, -0.25) is 0 Å². The summed E-state index contributed by atoms with van der Waals surface area (Å²) >= 11 is 0. The second-order valence-electron chi connectivity index (χ2n) is 11.9. The Labute approximate surface area is 223 Å². The van der Waals surface area contributed by atoms with Crippen LogP contribution in [0, 0.1) is 16.7 Å². The van der Waals surface area contributed by atoms with E-state index in [0.717, 1.165) is 6.42 Å². The van der Waals surface area contributed by atoms with Crippen LogP contribution < -0.4 is 0 Å². The van der Waals surface area contributed by atoms with Crippen LogP contribution >= 0.6 is 0 Å². The lowest BCUT2D eigenvalue weighted by atomic mass is 9.51. The van der Waals surface area contributed by atoms with E-state index in [1.54, 1.807) is 32.1 Å². The first-order valence-corrected chi connectivity index (χ1v) is 13.7. The Morgan fingerprint density at radius 1 is 1.16 bits per heavy atom. The lowest BCUT2D eigenvalue weighted by molar-refractivity contribution is -0.234. The molecule has 2 spiro atoms. The summed E-state index contributed by atoms with van der Waals surface area (Å²) < 4.78 is 30.4. The van der Waals surface area contributed by atoms with Crippen molar-refractivity contribution in [3.05, 3.63) is 36.0 Å². The molecule has 2 N–H and O–H groups in total. The molecule has 4 unspecified atom stereocenters. The molecule has 9 nitrogen and oxygen atoms in total. The first-order chi connectivity index (χ1) is 18.0. The molecule has 38 heavy (non-hydrogen) atoms. The van der Waals surface area contributed by atoms with Gasteiger partial charge in [-0.15, -0.1) is 0 Å². The summed E-state index contributed by atoms with van der Waals surface area (Å²) in [6.45, 7) is 8.27. The average molecular weight is 533 g/mol. The molecule has 210 valence electrons. The Morgan fingerprint density at radius 3 is 2.63 bits per heavy atom. The first-order valence-electron chi connectivity index (χ1n) is 13.7. The largest absolute Gasteiger partial charge is 0.463 e. The summed E-state index contributed by atoms with van der Waals surface area (Å²) in [4.78, 5) is 26.0. The van der Waals surface area contributed by atoms with Gasteiger partial charge in [0, 0.05) is 24.5 Å². The van der Waals surface area contributed by atoms with Crippen molar-refractivity contribution < 1.29 is 43.5 Å². The minimum Gasteiger partial charge on any atom is -0.463 e. The van der Waals surface area contributed by atoms with Gasteiger partial charge in [0.1, 0.15) is 24.4 Å². The predicted octanol–water partition coefficient (Wildman–Crippen LogP) is 2.39. The number of epoxide rings is 1. The Balaban J connectivity index is 1.51. The lowest BCUT2D eigenvalue weighted by Gasteiger charge is -2.58. The molecule has 0 amide bonds. The van der Waals surface area contributed by atoms with Crippen molar-refractivity contribution in [3.63, 3.8) is 0 Å². The number of hydrogen-bond acceptors (Lipinski definition) is 9. The lowest BCUT2D eigenvalue weighted by Crippen LogP contribution is -2.66. The van der Waals surface area contributed by atoms with E-state index in [1.807, 2.05) is 0 Å². The van der Waals surface area contributed by atoms with Crippen LogP contribution in [0.4, 0.5) is 0 Å². The average Bonchev–Trinajstić information content (AvgIpc) is 3.65. The highest BCUT2D eigenvalue weighted by Crippen LogP contribution is 2.72. The topological polar surface area (TPSA) is 124 Å². The fourth-order valence-electron chi connectivity index (χ4n) is 7.04. The van der Waals surface area contributed by atoms with Crippen LogP contribution in [0.3, 0.4) is 0 Å². The molecule has 1 saturated carbocycles. The van der Waals surface area contributed by atoms with Crippen molar-refractivity contribution in [1.29, 1.82) is 0 Å². The van der Waals surface area contributed by atoms with Crippen molar-refractivity contribution in [2.45, 2.75) is 95.6 Å². The molecule has 10 atom stereocenters. The second kappa shape index (κ2) is 10.2. The Bertz CT molecular complexity index is 1030. The normalized spacial score (nSPS) is 47.2. The molecule has 0 aromatic heterocycles. The van der Waals surface area contributed by atoms with Gasteiger partial charge in [-0.05, 0) is 39.0 Å². The number of carbonyl (C=O) groups is 2. The van der Waals surface area contributed by atoms with Gasteiger partial charge in [0.15, 0.2) is 6.10 Å². The van der Waals surface area contributed by atoms with E-state index in [4.69, 9.17) is 23.7 Å². The van der Waals surface area contributed by atoms with Crippen molar-refractivity contribution >= 4 is 11.9 Å². The van der Waals surface area contributed by atoms with Gasteiger partial charge in [0.25, 0.3) is 0 Å². The van der Waals surface area contributed by atoms with E-state index in [9.17, 15) is 19.8 Å². The highest BCUT2D eigenvalue weighted by molar-refractivity contribution is 5.82. The van der Waals surface area contributed by atoms with Gasteiger partial charge in [0.2, 0.25) is 0 Å². The quantitative estimate of drug-likeness (QED) is 0.298. The number of rotatable bonds is 1. The van der Waals surface area contributed by atoms with Gasteiger partial charge < -0.3 is 33.9 Å². The molecule has 2 aliphatic carbocycles. The monoisotopic (exact) mass is 532 g/mol. The third kappa shape index (κ3) is 4.36. The third-order valence-corrected chi connectivity index (χ3v) is 9.73. The summed E-state index contributed by atoms with van der Waals surface area (Å²) in [7, 11) is 0. The summed E-state index contributed by atoms with van der Waals surface area (Å²) in [5, 5.41) is 20.8. The van der Waals surface area contributed by atoms with Crippen LogP contribution in [0.25, 0.3) is 0 Å². The fraction of sp³-hybridized carbons (Fsp3) is 0.724. The van der Waals surface area contributed by atoms with Crippen LogP contribution in [0.5, 0.6) is 0 Å². The van der Waals surface area contributed by atoms with Crippen LogP contribution in [0.1, 0.15) is 53.4 Å². The number of aliphatic hydroxyl groups excluding tert-OH is 2. The smallest absolute Gasteiger partial charge is 0.335 e. The van der Waals surface area contributed by atoms with E-state index in [1.165, 1.54) is 11.6 Å². The maximum atomic E-state index is 13.1. The maximum Gasteiger partial charge on any atom is 0.335 e. The highest BCUT2D eigenvalue weighted by Gasteiger charge is 2.83. The number of esters is 2. The minimum atomic E-state index is -1.33. The third-order valence-electron chi connectivity index (χ3n) is 9.73. The number of aliphatic hydroxyl groups is 2. The molecule has 0 aromatic carbocycles. The van der Waals surface area contributed by atoms with E-state index >= 15 is 0 Å². The SMILES string of the molecule is CC1=C[C@H]2O[C@@H]3C[C@H]4OC(=O)C=C/C=C/C(C(C)O)OCCC(C)C(O)C(=O)OC[C@@]2(CC1)[C@]4(C)[C@]31CO1. The zero-order chi connectivity index (χ0) is 27.3. The number of ether oxygens (including phenoxy) is 5. The zero-order valence-electron chi connectivity index (χ0n) is 22.6. The molecule has 2 saturated heterocycles. The summed E-state index contributed by atoms with van der Waals surface area (Å²) in [6, 6.07) is 0. The van der Waals surface area contributed by atoms with Gasteiger partial charge in [0.05, 0.1) is 30.3 Å². The van der Waals surface area contributed by atoms with Crippen LogP contribution in [0.2, 0.25) is 0 Å². The molecule has 0 radical (unpaired) electrons. The molecule has 2 bridgehead atoms. The minimum absolute atomic E-state index is 0.0195. The predicted molar refractivity (Wildman–Crippen MR) is 136 cm³/mol. The molecule has 3 fully saturated rings. The van der Waals surface area contributed by atoms with Crippen LogP contribution in [0.15, 0.2) is 36.0 Å². The van der Waals surface area contributed by atoms with E-state index in [-0.39, 0.29) is 25.4 Å². The van der Waals surface area contributed by atoms with Crippen molar-refractivity contribution in [1.82, 2.24) is 0 Å². The summed E-state index contributed by atoms with van der Waals surface area (Å²) in [6.07, 6.45) is 6.89. The van der Waals surface area contributed by atoms with Crippen LogP contribution in [-0.4, -0.2) is 84.2 Å². The molecular weight excluding hydrogens is 492 g/mol. The molecule has 9 heteroatoms. The molecule has 3 heterocycles. The van der Waals surface area contributed by atoms with E-state index in [0.29, 0.717) is 25.9 Å². The summed E-state index contributed by atoms with van der Waals surface area (Å²) in [5.41, 5.74) is -0.771. The Morgan fingerprint density at radius 2 is 1.92 bits per heavy atom. The zero-order valence-corrected chi connectivity index (χ0v) is 22.6. The molecule has 5 aliphatic rings. The van der Waals surface area contributed by atoms with Crippen molar-refractivity contribution in [2.75, 3.05) is 19.8 Å². The van der Waals surface area contributed by atoms with Crippen molar-refractivity contribution in [3.8, 4) is 0 Å². The second-order valence-corrected chi connectivity index (χ2v) is 11.9. The standard InChI is InChI=1S/C29H40O9/c1-17-9-11-28-15-35-26(33)25(32)18(2)10-12-34-20(19(3)30)7-5-6-8-24(31)38-21-14-23(37-22(28)13-17)29(16-36-29)27(21,28)4/h5-8,13,18-23,25,30,32H,9-12,14-16H2,1-4H3/b7-5+,8-6?/t18?,19?,20?,21-,22-,23-,25?,27-,28-,29+/m1/s1. The number of hydrogen-bond donors (Lipinski definition) is 2. The first kappa shape index (κ1) is 27.5. The van der Waals surface area contributed by atoms with E-state index in [2.05, 4.69) is 19.9 Å². The number of allylic oxidation sites excluding steroid dienone is 3. The van der Waals surface area contributed by atoms with Gasteiger partial charge >= 0.3 is 11.9 Å². The Kier molecular flexibility index (Phi) is 7.37. The summed E-state index contributed by atoms with van der Waals surface area (Å²) in [5.74, 6) is -1.60.